The SMILES string of the molecule is Cc1cccc(-n2nc(C(=O)N3CCC(N(C)C)C3)nc2-c2ccco2)c1. The number of rotatable bonds is 4. The molecule has 0 bridgehead atoms. The van der Waals surface area contributed by atoms with Gasteiger partial charge in [0.1, 0.15) is 0 Å². The Morgan fingerprint density at radius 3 is 2.78 bits per heavy atom. The number of aromatic nitrogens is 3. The average molecular weight is 365 g/mol. The first-order valence-corrected chi connectivity index (χ1v) is 9.06. The number of likely N-dealkylation sites (N-methyl/N-ethyl adjacent to an activating group) is 1. The van der Waals surface area contributed by atoms with Crippen LogP contribution >= 0.6 is 0 Å². The number of benzene rings is 1. The summed E-state index contributed by atoms with van der Waals surface area (Å²) in [6.07, 6.45) is 2.55. The Bertz CT molecular complexity index is 945. The molecule has 7 nitrogen and oxygen atoms in total. The largest absolute Gasteiger partial charge is 0.461 e. The molecule has 1 atom stereocenters. The van der Waals surface area contributed by atoms with Crippen LogP contribution in [0.1, 0.15) is 22.6 Å². The molecule has 3 heterocycles. The van der Waals surface area contributed by atoms with Gasteiger partial charge in [0.25, 0.3) is 5.91 Å². The Kier molecular flexibility index (Phi) is 4.53. The molecular weight excluding hydrogens is 342 g/mol. The lowest BCUT2D eigenvalue weighted by molar-refractivity contribution is 0.0771. The van der Waals surface area contributed by atoms with E-state index in [0.29, 0.717) is 24.2 Å². The Labute approximate surface area is 158 Å². The van der Waals surface area contributed by atoms with Gasteiger partial charge in [0.05, 0.1) is 12.0 Å². The Hall–Kier alpha value is -2.93. The molecular formula is C20H23N5O2. The van der Waals surface area contributed by atoms with Gasteiger partial charge in [-0.1, -0.05) is 12.1 Å². The second-order valence-corrected chi connectivity index (χ2v) is 7.14. The van der Waals surface area contributed by atoms with E-state index >= 15 is 0 Å². The number of aryl methyl sites for hydroxylation is 1. The summed E-state index contributed by atoms with van der Waals surface area (Å²) < 4.78 is 7.20. The number of carbonyl (C=O) groups excluding carboxylic acids is 1. The standard InChI is InChI=1S/C20H23N5O2/c1-14-6-4-7-15(12-14)25-19(17-8-5-11-27-17)21-18(22-25)20(26)24-10-9-16(13-24)23(2)3/h4-8,11-12,16H,9-10,13H2,1-3H3. The van der Waals surface area contributed by atoms with Gasteiger partial charge in [0, 0.05) is 19.1 Å². The summed E-state index contributed by atoms with van der Waals surface area (Å²) in [5.41, 5.74) is 1.95. The van der Waals surface area contributed by atoms with Gasteiger partial charge in [-0.25, -0.2) is 4.68 Å². The van der Waals surface area contributed by atoms with E-state index < -0.39 is 0 Å². The van der Waals surface area contributed by atoms with Crippen LogP contribution in [0, 0.1) is 6.92 Å². The Balaban J connectivity index is 1.71. The van der Waals surface area contributed by atoms with Gasteiger partial charge >= 0.3 is 0 Å². The monoisotopic (exact) mass is 365 g/mol. The second-order valence-electron chi connectivity index (χ2n) is 7.14. The number of carbonyl (C=O) groups is 1. The van der Waals surface area contributed by atoms with E-state index in [2.05, 4.69) is 15.0 Å². The molecule has 0 radical (unpaired) electrons. The first-order valence-electron chi connectivity index (χ1n) is 9.06. The van der Waals surface area contributed by atoms with E-state index in [-0.39, 0.29) is 11.7 Å². The molecule has 4 rings (SSSR count). The topological polar surface area (TPSA) is 67.4 Å². The van der Waals surface area contributed by atoms with E-state index in [9.17, 15) is 4.79 Å². The summed E-state index contributed by atoms with van der Waals surface area (Å²) in [7, 11) is 4.08. The lowest BCUT2D eigenvalue weighted by atomic mass is 10.2. The number of hydrogen-bond donors (Lipinski definition) is 0. The van der Waals surface area contributed by atoms with Crippen LogP contribution in [0.25, 0.3) is 17.3 Å². The highest BCUT2D eigenvalue weighted by molar-refractivity contribution is 5.91. The lowest BCUT2D eigenvalue weighted by Gasteiger charge is -2.19. The van der Waals surface area contributed by atoms with Gasteiger partial charge in [0.15, 0.2) is 11.6 Å². The zero-order chi connectivity index (χ0) is 19.0. The van der Waals surface area contributed by atoms with Crippen LogP contribution in [0.15, 0.2) is 47.1 Å². The smallest absolute Gasteiger partial charge is 0.293 e. The predicted octanol–water partition coefficient (Wildman–Crippen LogP) is 2.61. The third-order valence-electron chi connectivity index (χ3n) is 4.97. The molecule has 0 saturated carbocycles. The molecule has 1 aliphatic heterocycles. The molecule has 7 heteroatoms. The molecule has 3 aromatic rings. The highest BCUT2D eigenvalue weighted by atomic mass is 16.3. The van der Waals surface area contributed by atoms with Gasteiger partial charge in [-0.15, -0.1) is 5.10 Å². The summed E-state index contributed by atoms with van der Waals surface area (Å²) >= 11 is 0. The maximum atomic E-state index is 13.0. The minimum atomic E-state index is -0.140. The van der Waals surface area contributed by atoms with Crippen LogP contribution in [0.3, 0.4) is 0 Å². The zero-order valence-corrected chi connectivity index (χ0v) is 15.8. The van der Waals surface area contributed by atoms with E-state index in [1.54, 1.807) is 17.0 Å². The summed E-state index contributed by atoms with van der Waals surface area (Å²) in [6.45, 7) is 3.43. The Morgan fingerprint density at radius 1 is 1.26 bits per heavy atom. The number of hydrogen-bond acceptors (Lipinski definition) is 5. The average Bonchev–Trinajstić information content (AvgIpc) is 3.40. The van der Waals surface area contributed by atoms with Crippen LogP contribution in [-0.2, 0) is 0 Å². The first-order chi connectivity index (χ1) is 13.0. The van der Waals surface area contributed by atoms with Gasteiger partial charge in [-0.2, -0.15) is 4.98 Å². The van der Waals surface area contributed by atoms with Gasteiger partial charge in [-0.3, -0.25) is 4.79 Å². The molecule has 1 saturated heterocycles. The van der Waals surface area contributed by atoms with E-state index in [1.807, 2.05) is 56.3 Å². The summed E-state index contributed by atoms with van der Waals surface area (Å²) in [5, 5.41) is 4.53. The molecule has 27 heavy (non-hydrogen) atoms. The molecule has 140 valence electrons. The van der Waals surface area contributed by atoms with Crippen LogP contribution in [0.2, 0.25) is 0 Å². The van der Waals surface area contributed by atoms with Crippen molar-refractivity contribution >= 4 is 5.91 Å². The molecule has 0 aliphatic carbocycles. The summed E-state index contributed by atoms with van der Waals surface area (Å²) in [6, 6.07) is 11.9. The highest BCUT2D eigenvalue weighted by Crippen LogP contribution is 2.23. The van der Waals surface area contributed by atoms with E-state index in [1.165, 1.54) is 0 Å². The molecule has 1 aromatic carbocycles. The van der Waals surface area contributed by atoms with Crippen LogP contribution in [0.4, 0.5) is 0 Å². The third-order valence-corrected chi connectivity index (χ3v) is 4.97. The number of nitrogens with zero attached hydrogens (tertiary/aromatic N) is 5. The molecule has 1 aliphatic rings. The minimum absolute atomic E-state index is 0.140. The second kappa shape index (κ2) is 7.00. The van der Waals surface area contributed by atoms with E-state index in [4.69, 9.17) is 4.42 Å². The fourth-order valence-electron chi connectivity index (χ4n) is 3.40. The summed E-state index contributed by atoms with van der Waals surface area (Å²) in [5.74, 6) is 1.16. The fraction of sp³-hybridized carbons (Fsp3) is 0.350. The van der Waals surface area contributed by atoms with Crippen molar-refractivity contribution in [1.29, 1.82) is 0 Å². The maximum absolute atomic E-state index is 13.0. The minimum Gasteiger partial charge on any atom is -0.461 e. The van der Waals surface area contributed by atoms with Crippen LogP contribution in [0.5, 0.6) is 0 Å². The molecule has 1 fully saturated rings. The van der Waals surface area contributed by atoms with E-state index in [0.717, 1.165) is 24.2 Å². The lowest BCUT2D eigenvalue weighted by Crippen LogP contribution is -2.35. The van der Waals surface area contributed by atoms with Crippen molar-refractivity contribution in [3.8, 4) is 17.3 Å². The van der Waals surface area contributed by atoms with Gasteiger partial charge in [-0.05, 0) is 57.3 Å². The number of likely N-dealkylation sites (tertiary alicyclic amines) is 1. The van der Waals surface area contributed by atoms with Crippen molar-refractivity contribution in [2.75, 3.05) is 27.2 Å². The molecule has 0 N–H and O–H groups in total. The molecule has 0 spiro atoms. The van der Waals surface area contributed by atoms with Crippen molar-refractivity contribution in [3.63, 3.8) is 0 Å². The van der Waals surface area contributed by atoms with Gasteiger partial charge < -0.3 is 14.2 Å². The first kappa shape index (κ1) is 17.5. The van der Waals surface area contributed by atoms with Crippen molar-refractivity contribution in [2.24, 2.45) is 0 Å². The normalized spacial score (nSPS) is 17.0. The summed E-state index contributed by atoms with van der Waals surface area (Å²) in [4.78, 5) is 21.5. The van der Waals surface area contributed by atoms with Crippen LogP contribution < -0.4 is 0 Å². The highest BCUT2D eigenvalue weighted by Gasteiger charge is 2.31. The molecule has 1 amide bonds. The fourth-order valence-corrected chi connectivity index (χ4v) is 3.40. The van der Waals surface area contributed by atoms with Crippen molar-refractivity contribution in [1.82, 2.24) is 24.6 Å². The third kappa shape index (κ3) is 3.38. The van der Waals surface area contributed by atoms with Crippen molar-refractivity contribution < 1.29 is 9.21 Å². The molecule has 1 unspecified atom stereocenters. The van der Waals surface area contributed by atoms with Gasteiger partial charge in [0.2, 0.25) is 5.82 Å². The number of furan rings is 1. The van der Waals surface area contributed by atoms with Crippen LogP contribution in [-0.4, -0.2) is 63.7 Å². The molecule has 2 aromatic heterocycles. The predicted molar refractivity (Wildman–Crippen MR) is 102 cm³/mol. The quantitative estimate of drug-likeness (QED) is 0.711. The van der Waals surface area contributed by atoms with Crippen molar-refractivity contribution in [3.05, 3.63) is 54.0 Å². The zero-order valence-electron chi connectivity index (χ0n) is 15.8. The maximum Gasteiger partial charge on any atom is 0.293 e. The Morgan fingerprint density at radius 2 is 2.11 bits per heavy atom. The van der Waals surface area contributed by atoms with Crippen molar-refractivity contribution in [2.45, 2.75) is 19.4 Å². The number of amides is 1.